The smallest absolute Gasteiger partial charge is 0.461 e. The van der Waals surface area contributed by atoms with Crippen molar-refractivity contribution in [2.24, 2.45) is 0 Å². The number of alkyl halides is 3. The Morgan fingerprint density at radius 3 is 1.36 bits per heavy atom. The van der Waals surface area contributed by atoms with Gasteiger partial charge in [-0.15, -0.1) is 0 Å². The maximum Gasteiger partial charge on any atom is 0.523 e. The highest BCUT2D eigenvalue weighted by Crippen LogP contribution is 2.25. The number of hydrogen-bond acceptors (Lipinski definition) is 12. The molecule has 0 aromatic carbocycles. The van der Waals surface area contributed by atoms with Crippen LogP contribution in [0, 0.1) is 0 Å². The summed E-state index contributed by atoms with van der Waals surface area (Å²) in [6, 6.07) is 5.45. The Balaban J connectivity index is 0.000000361. The van der Waals surface area contributed by atoms with Crippen molar-refractivity contribution < 1.29 is 64.9 Å². The van der Waals surface area contributed by atoms with Gasteiger partial charge >= 0.3 is 15.6 Å². The fraction of sp³-hybridized carbons (Fsp3) is 0.467. The van der Waals surface area contributed by atoms with Gasteiger partial charge in [0.15, 0.2) is 0 Å². The van der Waals surface area contributed by atoms with Gasteiger partial charge in [0.2, 0.25) is 0 Å². The van der Waals surface area contributed by atoms with E-state index in [0.29, 0.717) is 11.5 Å². The Kier molecular flexibility index (Phi) is 10.1. The Hall–Kier alpha value is -1.96. The van der Waals surface area contributed by atoms with Crippen LogP contribution in [-0.2, 0) is 69.3 Å². The molecule has 2 heterocycles. The zero-order valence-corrected chi connectivity index (χ0v) is 19.4. The summed E-state index contributed by atoms with van der Waals surface area (Å²) in [6.45, 7) is -1.79. The first-order valence-electron chi connectivity index (χ1n) is 8.32. The Bertz CT molecular complexity index is 1210. The molecule has 0 aliphatic rings. The monoisotopic (exact) mass is 544 g/mol. The molecule has 1 N–H and O–H groups in total. The van der Waals surface area contributed by atoms with E-state index in [9.17, 15) is 38.4 Å². The molecule has 0 unspecified atom stereocenters. The van der Waals surface area contributed by atoms with Crippen LogP contribution in [0.3, 0.4) is 0 Å². The molecule has 0 saturated carbocycles. The van der Waals surface area contributed by atoms with E-state index in [1.54, 1.807) is 12.1 Å². The molecule has 2 aromatic heterocycles. The molecule has 190 valence electrons. The van der Waals surface area contributed by atoms with E-state index in [0.717, 1.165) is 18.6 Å². The van der Waals surface area contributed by atoms with Crippen molar-refractivity contribution in [3.05, 3.63) is 47.3 Å². The maximum absolute atomic E-state index is 12.0. The lowest BCUT2D eigenvalue weighted by Gasteiger charge is -2.06. The molecular weight excluding hydrogens is 525 g/mol. The fourth-order valence-corrected chi connectivity index (χ4v) is 2.76. The van der Waals surface area contributed by atoms with Crippen LogP contribution in [0.4, 0.5) is 13.2 Å². The third kappa shape index (κ3) is 11.6. The van der Waals surface area contributed by atoms with Gasteiger partial charge in [-0.3, -0.25) is 12.5 Å². The van der Waals surface area contributed by atoms with Crippen LogP contribution in [-0.4, -0.2) is 48.4 Å². The first-order valence-corrected chi connectivity index (χ1v) is 13.4. The molecule has 2 aromatic rings. The van der Waals surface area contributed by atoms with Gasteiger partial charge in [-0.25, -0.2) is 0 Å². The van der Waals surface area contributed by atoms with E-state index in [-0.39, 0.29) is 24.7 Å². The molecule has 0 radical (unpaired) electrons. The molecular formula is C15H19F3O12S3. The summed E-state index contributed by atoms with van der Waals surface area (Å²) in [7, 11) is -12.9. The van der Waals surface area contributed by atoms with Crippen LogP contribution in [0.5, 0.6) is 0 Å². The van der Waals surface area contributed by atoms with Crippen molar-refractivity contribution in [1.29, 1.82) is 0 Å². The second-order valence-electron chi connectivity index (χ2n) is 5.99. The van der Waals surface area contributed by atoms with Gasteiger partial charge < -0.3 is 13.9 Å². The molecule has 0 fully saturated rings. The predicted octanol–water partition coefficient (Wildman–Crippen LogP) is 1.37. The van der Waals surface area contributed by atoms with Crippen LogP contribution < -0.4 is 0 Å². The second-order valence-corrected chi connectivity index (χ2v) is 10.9. The molecule has 0 amide bonds. The quantitative estimate of drug-likeness (QED) is 0.336. The van der Waals surface area contributed by atoms with Crippen molar-refractivity contribution in [3.63, 3.8) is 0 Å². The van der Waals surface area contributed by atoms with Crippen LogP contribution in [0.1, 0.15) is 23.0 Å². The molecule has 0 atom stereocenters. The summed E-state index contributed by atoms with van der Waals surface area (Å²) < 4.78 is 122. The molecule has 0 bridgehead atoms. The molecule has 0 spiro atoms. The van der Waals surface area contributed by atoms with Crippen molar-refractivity contribution in [2.75, 3.05) is 12.5 Å². The molecule has 0 aliphatic carbocycles. The normalized spacial score (nSPS) is 12.9. The van der Waals surface area contributed by atoms with Crippen LogP contribution in [0.2, 0.25) is 0 Å². The minimum Gasteiger partial charge on any atom is -0.461 e. The SMILES string of the molecule is CS(=O)(=O)OCc1ccc(CO)o1.CS(=O)(=O)OCc1ccc(COS(=O)(=O)C(F)(F)F)o1. The lowest BCUT2D eigenvalue weighted by molar-refractivity contribution is -0.0551. The maximum atomic E-state index is 12.0. The summed E-state index contributed by atoms with van der Waals surface area (Å²) in [4.78, 5) is 0. The number of rotatable bonds is 10. The van der Waals surface area contributed by atoms with E-state index in [2.05, 4.69) is 12.5 Å². The highest BCUT2D eigenvalue weighted by molar-refractivity contribution is 7.87. The van der Waals surface area contributed by atoms with Crippen LogP contribution in [0.15, 0.2) is 33.1 Å². The lowest BCUT2D eigenvalue weighted by atomic mass is 10.4. The van der Waals surface area contributed by atoms with Crippen molar-refractivity contribution in [3.8, 4) is 0 Å². The molecule has 2 rings (SSSR count). The van der Waals surface area contributed by atoms with Gasteiger partial charge in [0.25, 0.3) is 20.2 Å². The Morgan fingerprint density at radius 1 is 0.727 bits per heavy atom. The third-order valence-corrected chi connectivity index (χ3v) is 5.15. The first kappa shape index (κ1) is 29.1. The van der Waals surface area contributed by atoms with E-state index in [1.165, 1.54) is 6.07 Å². The van der Waals surface area contributed by atoms with Gasteiger partial charge in [0, 0.05) is 0 Å². The minimum atomic E-state index is -5.71. The number of furan rings is 2. The molecule has 0 saturated heterocycles. The molecule has 0 aliphatic heterocycles. The van der Waals surface area contributed by atoms with E-state index >= 15 is 0 Å². The summed E-state index contributed by atoms with van der Waals surface area (Å²) in [6.07, 6.45) is 1.76. The molecule has 12 nitrogen and oxygen atoms in total. The van der Waals surface area contributed by atoms with Gasteiger partial charge in [-0.05, 0) is 24.3 Å². The Morgan fingerprint density at radius 2 is 1.06 bits per heavy atom. The van der Waals surface area contributed by atoms with E-state index < -0.39 is 49.1 Å². The summed E-state index contributed by atoms with van der Waals surface area (Å²) in [5.74, 6) is 0.505. The molecule has 33 heavy (non-hydrogen) atoms. The number of aliphatic hydroxyl groups excluding tert-OH is 1. The van der Waals surface area contributed by atoms with Gasteiger partial charge in [0.1, 0.15) is 49.5 Å². The standard InChI is InChI=1S/C8H9F3O7S2.C7H10O5S/c1-19(12,13)16-4-6-2-3-7(18-6)5-17-20(14,15)8(9,10)11;1-13(9,10)11-5-7-3-2-6(4-8)12-7/h2-3H,4-5H2,1H3;2-3,8H,4-5H2,1H3. The zero-order valence-electron chi connectivity index (χ0n) is 16.9. The summed E-state index contributed by atoms with van der Waals surface area (Å²) in [5.41, 5.74) is -5.53. The van der Waals surface area contributed by atoms with Crippen molar-refractivity contribution in [2.45, 2.75) is 31.9 Å². The highest BCUT2D eigenvalue weighted by atomic mass is 32.2. The average molecular weight is 545 g/mol. The topological polar surface area (TPSA) is 177 Å². The largest absolute Gasteiger partial charge is 0.523 e. The highest BCUT2D eigenvalue weighted by Gasteiger charge is 2.47. The van der Waals surface area contributed by atoms with Gasteiger partial charge in [-0.2, -0.15) is 38.4 Å². The van der Waals surface area contributed by atoms with Gasteiger partial charge in [0.05, 0.1) is 12.5 Å². The van der Waals surface area contributed by atoms with Crippen molar-refractivity contribution >= 4 is 30.4 Å². The third-order valence-electron chi connectivity index (χ3n) is 3.06. The molecule has 18 heteroatoms. The van der Waals surface area contributed by atoms with Gasteiger partial charge in [-0.1, -0.05) is 0 Å². The second kappa shape index (κ2) is 11.4. The van der Waals surface area contributed by atoms with Crippen molar-refractivity contribution in [1.82, 2.24) is 0 Å². The number of aliphatic hydroxyl groups is 1. The van der Waals surface area contributed by atoms with Crippen LogP contribution >= 0.6 is 0 Å². The van der Waals surface area contributed by atoms with E-state index in [1.807, 2.05) is 0 Å². The lowest BCUT2D eigenvalue weighted by Crippen LogP contribution is -2.25. The number of hydrogen-bond donors (Lipinski definition) is 1. The van der Waals surface area contributed by atoms with E-state index in [4.69, 9.17) is 13.9 Å². The minimum absolute atomic E-state index is 0.0153. The van der Waals surface area contributed by atoms with Crippen LogP contribution in [0.25, 0.3) is 0 Å². The zero-order chi connectivity index (χ0) is 25.5. The Labute approximate surface area is 187 Å². The number of halogens is 3. The average Bonchev–Trinajstić information content (AvgIpc) is 3.31. The summed E-state index contributed by atoms with van der Waals surface area (Å²) in [5, 5.41) is 8.63. The predicted molar refractivity (Wildman–Crippen MR) is 102 cm³/mol. The summed E-state index contributed by atoms with van der Waals surface area (Å²) >= 11 is 0. The fourth-order valence-electron chi connectivity index (χ4n) is 1.70. The first-order chi connectivity index (χ1) is 14.9.